The highest BCUT2D eigenvalue weighted by atomic mass is 19.1. The van der Waals surface area contributed by atoms with Crippen LogP contribution in [0.2, 0.25) is 0 Å². The quantitative estimate of drug-likeness (QED) is 0.585. The van der Waals surface area contributed by atoms with Crippen LogP contribution >= 0.6 is 0 Å². The summed E-state index contributed by atoms with van der Waals surface area (Å²) in [5, 5.41) is 8.49. The van der Waals surface area contributed by atoms with Gasteiger partial charge in [-0.05, 0) is 0 Å². The average Bonchev–Trinajstić information content (AvgIpc) is 2.49. The standard InChI is InChI=1S/C8H4FN3/c9-7-3-8-11-1-2-12(8)5-6(7)4-10/h1-3,5H. The van der Waals surface area contributed by atoms with Crippen molar-refractivity contribution in [1.29, 1.82) is 5.26 Å². The molecule has 0 bridgehead atoms. The molecule has 0 atom stereocenters. The maximum atomic E-state index is 12.9. The number of fused-ring (bicyclic) bond motifs is 1. The first kappa shape index (κ1) is 6.80. The average molecular weight is 161 g/mol. The molecule has 12 heavy (non-hydrogen) atoms. The van der Waals surface area contributed by atoms with Crippen LogP contribution in [0.15, 0.2) is 24.7 Å². The second-order valence-electron chi connectivity index (χ2n) is 2.34. The van der Waals surface area contributed by atoms with E-state index in [1.54, 1.807) is 22.9 Å². The first-order valence-electron chi connectivity index (χ1n) is 3.33. The summed E-state index contributed by atoms with van der Waals surface area (Å²) in [6, 6.07) is 2.99. The summed E-state index contributed by atoms with van der Waals surface area (Å²) in [6.45, 7) is 0. The Kier molecular flexibility index (Phi) is 1.31. The third kappa shape index (κ3) is 0.839. The van der Waals surface area contributed by atoms with E-state index in [0.717, 1.165) is 0 Å². The molecular formula is C8H4FN3. The Morgan fingerprint density at radius 1 is 1.58 bits per heavy atom. The van der Waals surface area contributed by atoms with Gasteiger partial charge in [0.25, 0.3) is 0 Å². The lowest BCUT2D eigenvalue weighted by Crippen LogP contribution is -1.89. The normalized spacial score (nSPS) is 10.0. The van der Waals surface area contributed by atoms with Crippen molar-refractivity contribution in [3.8, 4) is 6.07 Å². The molecule has 2 rings (SSSR count). The Morgan fingerprint density at radius 2 is 2.42 bits per heavy atom. The molecule has 0 fully saturated rings. The van der Waals surface area contributed by atoms with Crippen LogP contribution in [0.5, 0.6) is 0 Å². The van der Waals surface area contributed by atoms with Gasteiger partial charge in [-0.2, -0.15) is 5.26 Å². The summed E-state index contributed by atoms with van der Waals surface area (Å²) in [5.41, 5.74) is 0.534. The van der Waals surface area contributed by atoms with Crippen LogP contribution in [-0.2, 0) is 0 Å². The van der Waals surface area contributed by atoms with Crippen LogP contribution < -0.4 is 0 Å². The zero-order valence-corrected chi connectivity index (χ0v) is 6.03. The lowest BCUT2D eigenvalue weighted by Gasteiger charge is -1.94. The van der Waals surface area contributed by atoms with Crippen LogP contribution in [0.1, 0.15) is 5.56 Å². The minimum absolute atomic E-state index is 0.0282. The summed E-state index contributed by atoms with van der Waals surface area (Å²) < 4.78 is 14.5. The van der Waals surface area contributed by atoms with Gasteiger partial charge in [0.15, 0.2) is 0 Å². The summed E-state index contributed by atoms with van der Waals surface area (Å²) in [4.78, 5) is 3.87. The Bertz CT molecular complexity index is 467. The molecule has 58 valence electrons. The van der Waals surface area contributed by atoms with Crippen molar-refractivity contribution in [3.05, 3.63) is 36.0 Å². The van der Waals surface area contributed by atoms with Crippen LogP contribution in [0.25, 0.3) is 5.65 Å². The lowest BCUT2D eigenvalue weighted by atomic mass is 10.3. The molecular weight excluding hydrogens is 157 g/mol. The van der Waals surface area contributed by atoms with Crippen molar-refractivity contribution in [2.75, 3.05) is 0 Å². The van der Waals surface area contributed by atoms with Gasteiger partial charge in [-0.3, -0.25) is 0 Å². The largest absolute Gasteiger partial charge is 0.306 e. The van der Waals surface area contributed by atoms with Gasteiger partial charge < -0.3 is 4.40 Å². The van der Waals surface area contributed by atoms with E-state index < -0.39 is 5.82 Å². The van der Waals surface area contributed by atoms with Crippen LogP contribution in [0.3, 0.4) is 0 Å². The SMILES string of the molecule is N#Cc1cn2ccnc2cc1F. The molecule has 0 unspecified atom stereocenters. The van der Waals surface area contributed by atoms with E-state index in [4.69, 9.17) is 5.26 Å². The number of rotatable bonds is 0. The first-order valence-corrected chi connectivity index (χ1v) is 3.33. The minimum atomic E-state index is -0.531. The molecule has 0 radical (unpaired) electrons. The zero-order valence-electron chi connectivity index (χ0n) is 6.03. The summed E-state index contributed by atoms with van der Waals surface area (Å²) in [5.74, 6) is -0.531. The van der Waals surface area contributed by atoms with Crippen LogP contribution in [-0.4, -0.2) is 9.38 Å². The Balaban J connectivity index is 2.84. The molecule has 0 aliphatic heterocycles. The highest BCUT2D eigenvalue weighted by Crippen LogP contribution is 2.08. The number of hydrogen-bond acceptors (Lipinski definition) is 2. The Morgan fingerprint density at radius 3 is 3.17 bits per heavy atom. The van der Waals surface area contributed by atoms with E-state index in [1.165, 1.54) is 12.3 Å². The van der Waals surface area contributed by atoms with Gasteiger partial charge in [0.05, 0.1) is 0 Å². The fraction of sp³-hybridized carbons (Fsp3) is 0. The minimum Gasteiger partial charge on any atom is -0.306 e. The molecule has 2 heterocycles. The smallest absolute Gasteiger partial charge is 0.146 e. The summed E-state index contributed by atoms with van der Waals surface area (Å²) in [7, 11) is 0. The van der Waals surface area contributed by atoms with Crippen molar-refractivity contribution >= 4 is 5.65 Å². The van der Waals surface area contributed by atoms with Gasteiger partial charge in [-0.25, -0.2) is 9.37 Å². The third-order valence-corrected chi connectivity index (χ3v) is 1.60. The van der Waals surface area contributed by atoms with Gasteiger partial charge in [0.1, 0.15) is 23.1 Å². The molecule has 2 aromatic rings. The maximum Gasteiger partial charge on any atom is 0.146 e. The molecule has 0 aromatic carbocycles. The van der Waals surface area contributed by atoms with Crippen molar-refractivity contribution in [1.82, 2.24) is 9.38 Å². The fourth-order valence-electron chi connectivity index (χ4n) is 1.02. The molecule has 4 heteroatoms. The van der Waals surface area contributed by atoms with Crippen molar-refractivity contribution in [3.63, 3.8) is 0 Å². The molecule has 0 amide bonds. The second kappa shape index (κ2) is 2.31. The lowest BCUT2D eigenvalue weighted by molar-refractivity contribution is 0.622. The molecule has 0 saturated heterocycles. The van der Waals surface area contributed by atoms with Crippen molar-refractivity contribution < 1.29 is 4.39 Å². The second-order valence-corrected chi connectivity index (χ2v) is 2.34. The number of nitrogens with zero attached hydrogens (tertiary/aromatic N) is 3. The highest BCUT2D eigenvalue weighted by molar-refractivity contribution is 5.43. The van der Waals surface area contributed by atoms with Gasteiger partial charge in [-0.1, -0.05) is 0 Å². The number of aromatic nitrogens is 2. The highest BCUT2D eigenvalue weighted by Gasteiger charge is 2.03. The fourth-order valence-corrected chi connectivity index (χ4v) is 1.02. The summed E-state index contributed by atoms with van der Waals surface area (Å²) >= 11 is 0. The van der Waals surface area contributed by atoms with Crippen LogP contribution in [0, 0.1) is 17.1 Å². The Labute approximate surface area is 67.7 Å². The van der Waals surface area contributed by atoms with Gasteiger partial charge in [0, 0.05) is 24.7 Å². The number of halogens is 1. The van der Waals surface area contributed by atoms with E-state index >= 15 is 0 Å². The molecule has 0 saturated carbocycles. The van der Waals surface area contributed by atoms with Crippen molar-refractivity contribution in [2.45, 2.75) is 0 Å². The molecule has 0 aliphatic rings. The van der Waals surface area contributed by atoms with Gasteiger partial charge >= 0.3 is 0 Å². The van der Waals surface area contributed by atoms with Gasteiger partial charge in [-0.15, -0.1) is 0 Å². The third-order valence-electron chi connectivity index (χ3n) is 1.60. The van der Waals surface area contributed by atoms with E-state index in [0.29, 0.717) is 5.65 Å². The maximum absolute atomic E-state index is 12.9. The Hall–Kier alpha value is -1.89. The van der Waals surface area contributed by atoms with E-state index in [-0.39, 0.29) is 5.56 Å². The predicted octanol–water partition coefficient (Wildman–Crippen LogP) is 1.35. The first-order chi connectivity index (χ1) is 5.81. The predicted molar refractivity (Wildman–Crippen MR) is 39.9 cm³/mol. The van der Waals surface area contributed by atoms with E-state index in [1.807, 2.05) is 0 Å². The molecule has 3 nitrogen and oxygen atoms in total. The number of nitriles is 1. The zero-order chi connectivity index (χ0) is 8.55. The topological polar surface area (TPSA) is 41.1 Å². The molecule has 0 N–H and O–H groups in total. The molecule has 0 spiro atoms. The number of pyridine rings is 1. The van der Waals surface area contributed by atoms with Crippen molar-refractivity contribution in [2.24, 2.45) is 0 Å². The molecule has 2 aromatic heterocycles. The van der Waals surface area contributed by atoms with Gasteiger partial charge in [0.2, 0.25) is 0 Å². The monoisotopic (exact) mass is 161 g/mol. The summed E-state index contributed by atoms with van der Waals surface area (Å²) in [6.07, 6.45) is 4.63. The number of hydrogen-bond donors (Lipinski definition) is 0. The van der Waals surface area contributed by atoms with E-state index in [2.05, 4.69) is 4.98 Å². The van der Waals surface area contributed by atoms with E-state index in [9.17, 15) is 4.39 Å². The number of imidazole rings is 1. The molecule has 0 aliphatic carbocycles. The van der Waals surface area contributed by atoms with Crippen LogP contribution in [0.4, 0.5) is 4.39 Å².